The zero-order chi connectivity index (χ0) is 13.1. The van der Waals surface area contributed by atoms with E-state index < -0.39 is 0 Å². The Labute approximate surface area is 113 Å². The molecule has 0 aromatic heterocycles. The molecule has 0 saturated carbocycles. The average molecular weight is 261 g/mol. The Morgan fingerprint density at radius 2 is 1.83 bits per heavy atom. The third-order valence-electron chi connectivity index (χ3n) is 3.07. The largest absolute Gasteiger partial charge is 0.397 e. The molecular formula is C15H17ClN2. The van der Waals surface area contributed by atoms with Crippen molar-refractivity contribution in [2.45, 2.75) is 20.4 Å². The van der Waals surface area contributed by atoms with Crippen LogP contribution in [0, 0.1) is 13.8 Å². The summed E-state index contributed by atoms with van der Waals surface area (Å²) in [6, 6.07) is 11.9. The molecule has 0 radical (unpaired) electrons. The van der Waals surface area contributed by atoms with Crippen LogP contribution >= 0.6 is 11.6 Å². The fourth-order valence-electron chi connectivity index (χ4n) is 1.79. The lowest BCUT2D eigenvalue weighted by molar-refractivity contribution is 1.13. The summed E-state index contributed by atoms with van der Waals surface area (Å²) in [5, 5.41) is 3.99. The molecule has 0 saturated heterocycles. The van der Waals surface area contributed by atoms with Crippen molar-refractivity contribution in [3.8, 4) is 0 Å². The fourth-order valence-corrected chi connectivity index (χ4v) is 1.96. The van der Waals surface area contributed by atoms with Gasteiger partial charge in [0.2, 0.25) is 0 Å². The van der Waals surface area contributed by atoms with Gasteiger partial charge in [-0.15, -0.1) is 0 Å². The molecule has 0 aliphatic heterocycles. The summed E-state index contributed by atoms with van der Waals surface area (Å²) in [4.78, 5) is 0. The monoisotopic (exact) mass is 260 g/mol. The highest BCUT2D eigenvalue weighted by Gasteiger charge is 2.01. The molecule has 2 aromatic rings. The van der Waals surface area contributed by atoms with E-state index in [0.717, 1.165) is 12.2 Å². The van der Waals surface area contributed by atoms with Crippen molar-refractivity contribution in [2.75, 3.05) is 11.1 Å². The molecule has 18 heavy (non-hydrogen) atoms. The fraction of sp³-hybridized carbons (Fsp3) is 0.200. The van der Waals surface area contributed by atoms with Crippen LogP contribution < -0.4 is 11.1 Å². The first-order valence-electron chi connectivity index (χ1n) is 5.91. The second kappa shape index (κ2) is 5.32. The number of aryl methyl sites for hydroxylation is 2. The Balaban J connectivity index is 2.11. The van der Waals surface area contributed by atoms with Gasteiger partial charge < -0.3 is 11.1 Å². The van der Waals surface area contributed by atoms with E-state index in [1.807, 2.05) is 12.1 Å². The summed E-state index contributed by atoms with van der Waals surface area (Å²) in [5.74, 6) is 0. The number of halogens is 1. The Bertz CT molecular complexity index is 564. The Hall–Kier alpha value is -1.67. The number of benzene rings is 2. The van der Waals surface area contributed by atoms with Crippen LogP contribution in [-0.2, 0) is 6.54 Å². The van der Waals surface area contributed by atoms with Crippen LogP contribution in [0.2, 0.25) is 5.02 Å². The van der Waals surface area contributed by atoms with E-state index in [1.54, 1.807) is 6.07 Å². The van der Waals surface area contributed by atoms with Crippen molar-refractivity contribution in [3.63, 3.8) is 0 Å². The van der Waals surface area contributed by atoms with Crippen molar-refractivity contribution in [3.05, 3.63) is 58.1 Å². The lowest BCUT2D eigenvalue weighted by Gasteiger charge is -2.11. The van der Waals surface area contributed by atoms with Gasteiger partial charge in [0.25, 0.3) is 0 Å². The molecule has 2 nitrogen and oxygen atoms in total. The van der Waals surface area contributed by atoms with Gasteiger partial charge in [-0.25, -0.2) is 0 Å². The summed E-state index contributed by atoms with van der Waals surface area (Å²) >= 11 is 5.95. The van der Waals surface area contributed by atoms with Crippen LogP contribution in [0.5, 0.6) is 0 Å². The first-order chi connectivity index (χ1) is 8.56. The average Bonchev–Trinajstić information content (AvgIpc) is 2.34. The van der Waals surface area contributed by atoms with E-state index in [1.165, 1.54) is 16.7 Å². The number of hydrogen-bond donors (Lipinski definition) is 2. The Morgan fingerprint density at radius 1 is 1.06 bits per heavy atom. The molecule has 0 aliphatic carbocycles. The SMILES string of the molecule is Cc1ccc(CNc2cc(Cl)ccc2N)cc1C. The minimum Gasteiger partial charge on any atom is -0.397 e. The van der Waals surface area contributed by atoms with Crippen molar-refractivity contribution >= 4 is 23.0 Å². The predicted molar refractivity (Wildman–Crippen MR) is 79.1 cm³/mol. The number of nitrogens with one attached hydrogen (secondary N) is 1. The van der Waals surface area contributed by atoms with Crippen LogP contribution in [0.4, 0.5) is 11.4 Å². The van der Waals surface area contributed by atoms with Gasteiger partial charge in [0.05, 0.1) is 11.4 Å². The van der Waals surface area contributed by atoms with Crippen LogP contribution in [0.3, 0.4) is 0 Å². The summed E-state index contributed by atoms with van der Waals surface area (Å²) in [6.45, 7) is 4.97. The molecule has 0 spiro atoms. The molecule has 0 atom stereocenters. The van der Waals surface area contributed by atoms with E-state index in [2.05, 4.69) is 37.4 Å². The second-order valence-electron chi connectivity index (χ2n) is 4.50. The molecule has 3 heteroatoms. The van der Waals surface area contributed by atoms with E-state index in [4.69, 9.17) is 17.3 Å². The van der Waals surface area contributed by atoms with Gasteiger partial charge in [0, 0.05) is 11.6 Å². The van der Waals surface area contributed by atoms with Crippen molar-refractivity contribution in [2.24, 2.45) is 0 Å². The molecule has 0 bridgehead atoms. The zero-order valence-corrected chi connectivity index (χ0v) is 11.4. The molecule has 0 amide bonds. The second-order valence-corrected chi connectivity index (χ2v) is 4.94. The van der Waals surface area contributed by atoms with Crippen LogP contribution in [-0.4, -0.2) is 0 Å². The maximum Gasteiger partial charge on any atom is 0.0591 e. The summed E-state index contributed by atoms with van der Waals surface area (Å²) < 4.78 is 0. The van der Waals surface area contributed by atoms with Gasteiger partial charge in [0.1, 0.15) is 0 Å². The Kier molecular flexibility index (Phi) is 3.78. The van der Waals surface area contributed by atoms with E-state index in [0.29, 0.717) is 10.7 Å². The molecule has 94 valence electrons. The van der Waals surface area contributed by atoms with Crippen LogP contribution in [0.15, 0.2) is 36.4 Å². The van der Waals surface area contributed by atoms with Gasteiger partial charge in [-0.1, -0.05) is 29.8 Å². The standard InChI is InChI=1S/C15H17ClN2/c1-10-3-4-12(7-11(10)2)9-18-15-8-13(16)5-6-14(15)17/h3-8,18H,9,17H2,1-2H3. The van der Waals surface area contributed by atoms with Crippen molar-refractivity contribution in [1.29, 1.82) is 0 Å². The lowest BCUT2D eigenvalue weighted by Crippen LogP contribution is -2.02. The third-order valence-corrected chi connectivity index (χ3v) is 3.30. The molecule has 0 heterocycles. The molecule has 0 unspecified atom stereocenters. The summed E-state index contributed by atoms with van der Waals surface area (Å²) in [5.41, 5.74) is 11.3. The minimum absolute atomic E-state index is 0.687. The topological polar surface area (TPSA) is 38.0 Å². The maximum absolute atomic E-state index is 5.95. The van der Waals surface area contributed by atoms with Crippen LogP contribution in [0.1, 0.15) is 16.7 Å². The number of rotatable bonds is 3. The predicted octanol–water partition coefficient (Wildman–Crippen LogP) is 4.15. The van der Waals surface area contributed by atoms with Crippen molar-refractivity contribution < 1.29 is 0 Å². The number of hydrogen-bond acceptors (Lipinski definition) is 2. The minimum atomic E-state index is 0.687. The van der Waals surface area contributed by atoms with E-state index >= 15 is 0 Å². The normalized spacial score (nSPS) is 10.4. The maximum atomic E-state index is 5.95. The van der Waals surface area contributed by atoms with Crippen LogP contribution in [0.25, 0.3) is 0 Å². The summed E-state index contributed by atoms with van der Waals surface area (Å²) in [6.07, 6.45) is 0. The van der Waals surface area contributed by atoms with Gasteiger partial charge in [-0.2, -0.15) is 0 Å². The first kappa shape index (κ1) is 12.8. The van der Waals surface area contributed by atoms with Gasteiger partial charge in [0.15, 0.2) is 0 Å². The highest BCUT2D eigenvalue weighted by atomic mass is 35.5. The lowest BCUT2D eigenvalue weighted by atomic mass is 10.1. The van der Waals surface area contributed by atoms with Crippen molar-refractivity contribution in [1.82, 2.24) is 0 Å². The highest BCUT2D eigenvalue weighted by molar-refractivity contribution is 6.31. The third kappa shape index (κ3) is 2.96. The molecule has 0 fully saturated rings. The van der Waals surface area contributed by atoms with E-state index in [-0.39, 0.29) is 0 Å². The Morgan fingerprint density at radius 3 is 2.56 bits per heavy atom. The van der Waals surface area contributed by atoms with Gasteiger partial charge >= 0.3 is 0 Å². The van der Waals surface area contributed by atoms with Gasteiger partial charge in [-0.05, 0) is 48.7 Å². The number of nitrogen functional groups attached to an aromatic ring is 1. The quantitative estimate of drug-likeness (QED) is 0.814. The zero-order valence-electron chi connectivity index (χ0n) is 10.6. The highest BCUT2D eigenvalue weighted by Crippen LogP contribution is 2.23. The molecule has 0 aliphatic rings. The molecule has 2 rings (SSSR count). The number of anilines is 2. The smallest absolute Gasteiger partial charge is 0.0591 e. The van der Waals surface area contributed by atoms with Gasteiger partial charge in [-0.3, -0.25) is 0 Å². The van der Waals surface area contributed by atoms with E-state index in [9.17, 15) is 0 Å². The molecule has 3 N–H and O–H groups in total. The molecular weight excluding hydrogens is 244 g/mol. The summed E-state index contributed by atoms with van der Waals surface area (Å²) in [7, 11) is 0. The number of nitrogens with two attached hydrogens (primary N) is 1. The first-order valence-corrected chi connectivity index (χ1v) is 6.29. The molecule has 2 aromatic carbocycles.